The predicted molar refractivity (Wildman–Crippen MR) is 128 cm³/mol. The molecule has 1 aliphatic heterocycles. The molecule has 2 aromatic rings. The second-order valence-electron chi connectivity index (χ2n) is 8.22. The molecule has 3 heterocycles. The molecule has 0 amide bonds. The average Bonchev–Trinajstić information content (AvgIpc) is 3.13. The van der Waals surface area contributed by atoms with Gasteiger partial charge in [0.05, 0.1) is 17.5 Å². The lowest BCUT2D eigenvalue weighted by Crippen LogP contribution is -2.50. The van der Waals surface area contributed by atoms with Crippen molar-refractivity contribution in [1.29, 1.82) is 5.26 Å². The Morgan fingerprint density at radius 2 is 2.21 bits per heavy atom. The molecule has 0 bridgehead atoms. The monoisotopic (exact) mass is 484 g/mol. The minimum atomic E-state index is -2.92. The van der Waals surface area contributed by atoms with Crippen LogP contribution in [-0.4, -0.2) is 44.1 Å². The van der Waals surface area contributed by atoms with Crippen LogP contribution in [-0.2, 0) is 0 Å². The van der Waals surface area contributed by atoms with Gasteiger partial charge < -0.3 is 10.0 Å². The molecule has 2 unspecified atom stereocenters. The van der Waals surface area contributed by atoms with Gasteiger partial charge in [-0.1, -0.05) is 24.3 Å². The number of halogens is 3. The minimum Gasteiger partial charge on any atom is -0.393 e. The highest BCUT2D eigenvalue weighted by Gasteiger charge is 2.35. The summed E-state index contributed by atoms with van der Waals surface area (Å²) in [6, 6.07) is 1.83. The molecule has 2 aromatic heterocycles. The van der Waals surface area contributed by atoms with Gasteiger partial charge >= 0.3 is 0 Å². The van der Waals surface area contributed by atoms with E-state index >= 15 is 0 Å². The van der Waals surface area contributed by atoms with Crippen molar-refractivity contribution in [3.8, 4) is 6.07 Å². The molecule has 0 saturated carbocycles. The summed E-state index contributed by atoms with van der Waals surface area (Å²) < 4.78 is 28.7. The maximum absolute atomic E-state index is 13.7. The smallest absolute Gasteiger partial charge is 0.283 e. The molecule has 1 N–H and O–H groups in total. The third kappa shape index (κ3) is 4.27. The number of aliphatic hydroxyl groups excluding tert-OH is 1. The molecular formula is C24H23ClF2N6O. The maximum Gasteiger partial charge on any atom is 0.283 e. The molecule has 10 heteroatoms. The Bertz CT molecular complexity index is 1320. The summed E-state index contributed by atoms with van der Waals surface area (Å²) in [6.07, 6.45) is 6.38. The summed E-state index contributed by atoms with van der Waals surface area (Å²) >= 11 is 6.14. The van der Waals surface area contributed by atoms with Crippen molar-refractivity contribution in [1.82, 2.24) is 14.6 Å². The van der Waals surface area contributed by atoms with Gasteiger partial charge in [-0.3, -0.25) is 4.99 Å². The second kappa shape index (κ2) is 9.49. The fourth-order valence-corrected chi connectivity index (χ4v) is 4.41. The van der Waals surface area contributed by atoms with Gasteiger partial charge in [-0.2, -0.15) is 14.9 Å². The molecule has 0 radical (unpaired) electrons. The van der Waals surface area contributed by atoms with Crippen LogP contribution in [0.2, 0.25) is 0 Å². The molecular weight excluding hydrogens is 462 g/mol. The number of allylic oxidation sites excluding steroid dienone is 5. The number of aromatic nitrogens is 3. The Morgan fingerprint density at radius 1 is 1.44 bits per heavy atom. The summed E-state index contributed by atoms with van der Waals surface area (Å²) in [4.78, 5) is 10.8. The van der Waals surface area contributed by atoms with Gasteiger partial charge in [0.25, 0.3) is 6.43 Å². The van der Waals surface area contributed by atoms with Crippen molar-refractivity contribution in [2.24, 2.45) is 4.99 Å². The van der Waals surface area contributed by atoms with E-state index in [0.29, 0.717) is 40.8 Å². The molecule has 1 aliphatic carbocycles. The normalized spacial score (nSPS) is 21.2. The first-order chi connectivity index (χ1) is 16.2. The summed E-state index contributed by atoms with van der Waals surface area (Å²) in [5.41, 5.74) is 1.74. The van der Waals surface area contributed by atoms with Crippen molar-refractivity contribution in [2.45, 2.75) is 45.3 Å². The number of nitriles is 1. The number of hydrogen-bond donors (Lipinski definition) is 1. The van der Waals surface area contributed by atoms with E-state index < -0.39 is 18.2 Å². The van der Waals surface area contributed by atoms with Crippen LogP contribution in [0.5, 0.6) is 0 Å². The van der Waals surface area contributed by atoms with Crippen LogP contribution in [0.15, 0.2) is 46.6 Å². The van der Waals surface area contributed by atoms with Crippen LogP contribution in [0.3, 0.4) is 0 Å². The molecule has 2 atom stereocenters. The van der Waals surface area contributed by atoms with Crippen molar-refractivity contribution in [3.63, 3.8) is 0 Å². The minimum absolute atomic E-state index is 0.00978. The zero-order valence-corrected chi connectivity index (χ0v) is 19.5. The van der Waals surface area contributed by atoms with E-state index in [0.717, 1.165) is 12.0 Å². The van der Waals surface area contributed by atoms with Gasteiger partial charge in [-0.25, -0.2) is 13.8 Å². The van der Waals surface area contributed by atoms with Crippen molar-refractivity contribution in [3.05, 3.63) is 64.1 Å². The van der Waals surface area contributed by atoms with Gasteiger partial charge in [-0.15, -0.1) is 0 Å². The molecule has 2 aliphatic rings. The van der Waals surface area contributed by atoms with Crippen LogP contribution in [0.4, 0.5) is 14.6 Å². The van der Waals surface area contributed by atoms with Crippen LogP contribution >= 0.6 is 11.6 Å². The van der Waals surface area contributed by atoms with Crippen molar-refractivity contribution in [2.75, 3.05) is 11.4 Å². The summed E-state index contributed by atoms with van der Waals surface area (Å²) in [5.74, 6) is 0.544. The Balaban J connectivity index is 1.99. The standard InChI is InChI=1S/C24H23ClF2N6O/c1-4-29-20-11-16(25)6-5-15(20)10-18-14(3)30-23-19(12-28)21(22(26)27)31-33(23)24(18)32-8-7-17(32)9-13(2)34/h4-6,10-11,13,17,22,34H,1,7-9H2,2-3H3/b15-10+,29-20?. The van der Waals surface area contributed by atoms with Crippen LogP contribution in [0, 0.1) is 18.3 Å². The number of aliphatic imine (C=N–C) groups is 1. The Hall–Kier alpha value is -3.35. The molecule has 1 saturated heterocycles. The van der Waals surface area contributed by atoms with E-state index in [4.69, 9.17) is 11.6 Å². The first-order valence-electron chi connectivity index (χ1n) is 10.8. The number of fused-ring (bicyclic) bond motifs is 1. The number of nitrogens with zero attached hydrogens (tertiary/aromatic N) is 6. The van der Waals surface area contributed by atoms with Crippen LogP contribution in [0.25, 0.3) is 11.7 Å². The topological polar surface area (TPSA) is 89.8 Å². The quantitative estimate of drug-likeness (QED) is 0.632. The van der Waals surface area contributed by atoms with Crippen LogP contribution < -0.4 is 4.90 Å². The molecule has 1 fully saturated rings. The molecule has 4 rings (SSSR count). The molecule has 176 valence electrons. The van der Waals surface area contributed by atoms with E-state index in [9.17, 15) is 19.1 Å². The average molecular weight is 485 g/mol. The summed E-state index contributed by atoms with van der Waals surface area (Å²) in [5, 5.41) is 24.2. The lowest BCUT2D eigenvalue weighted by Gasteiger charge is -2.44. The van der Waals surface area contributed by atoms with Gasteiger partial charge in [-0.05, 0) is 44.9 Å². The third-order valence-electron chi connectivity index (χ3n) is 5.86. The lowest BCUT2D eigenvalue weighted by atomic mass is 9.95. The van der Waals surface area contributed by atoms with Crippen molar-refractivity contribution >= 4 is 34.9 Å². The van der Waals surface area contributed by atoms with Crippen LogP contribution in [0.1, 0.15) is 48.7 Å². The Labute approximate surface area is 200 Å². The summed E-state index contributed by atoms with van der Waals surface area (Å²) in [7, 11) is 0. The highest BCUT2D eigenvalue weighted by molar-refractivity contribution is 6.35. The molecule has 34 heavy (non-hydrogen) atoms. The molecule has 0 aromatic carbocycles. The fourth-order valence-electron chi connectivity index (χ4n) is 4.24. The fraction of sp³-hybridized carbons (Fsp3) is 0.333. The number of rotatable bonds is 6. The SMILES string of the molecule is C=CN=C1C=C(Cl)C=C/C1=C\c1c(C)nc2c(C#N)c(C(F)F)nn2c1N1CCC1CC(C)O. The number of hydrogen-bond acceptors (Lipinski definition) is 6. The first kappa shape index (κ1) is 23.8. The van der Waals surface area contributed by atoms with E-state index in [1.165, 1.54) is 10.7 Å². The van der Waals surface area contributed by atoms with E-state index in [1.807, 2.05) is 17.0 Å². The van der Waals surface area contributed by atoms with Gasteiger partial charge in [0.2, 0.25) is 0 Å². The third-order valence-corrected chi connectivity index (χ3v) is 6.10. The molecule has 0 spiro atoms. The second-order valence-corrected chi connectivity index (χ2v) is 8.66. The highest BCUT2D eigenvalue weighted by Crippen LogP contribution is 2.37. The van der Waals surface area contributed by atoms with Gasteiger partial charge in [0, 0.05) is 35.0 Å². The Morgan fingerprint density at radius 3 is 2.79 bits per heavy atom. The predicted octanol–water partition coefficient (Wildman–Crippen LogP) is 4.86. The number of aliphatic hydroxyl groups is 1. The maximum atomic E-state index is 13.7. The van der Waals surface area contributed by atoms with Gasteiger partial charge in [0.15, 0.2) is 5.65 Å². The first-order valence-corrected chi connectivity index (χ1v) is 11.1. The number of aryl methyl sites for hydroxylation is 1. The highest BCUT2D eigenvalue weighted by atomic mass is 35.5. The summed E-state index contributed by atoms with van der Waals surface area (Å²) in [6.45, 7) is 7.77. The van der Waals surface area contributed by atoms with Crippen molar-refractivity contribution < 1.29 is 13.9 Å². The molecule has 7 nitrogen and oxygen atoms in total. The van der Waals surface area contributed by atoms with E-state index in [2.05, 4.69) is 21.7 Å². The largest absolute Gasteiger partial charge is 0.393 e. The van der Waals surface area contributed by atoms with Gasteiger partial charge in [0.1, 0.15) is 23.1 Å². The zero-order chi connectivity index (χ0) is 24.6. The Kier molecular flexibility index (Phi) is 6.64. The van der Waals surface area contributed by atoms with E-state index in [-0.39, 0.29) is 17.3 Å². The number of anilines is 1. The lowest BCUT2D eigenvalue weighted by molar-refractivity contribution is 0.145. The number of alkyl halides is 2. The zero-order valence-electron chi connectivity index (χ0n) is 18.7. The van der Waals surface area contributed by atoms with E-state index in [1.54, 1.807) is 32.1 Å².